The van der Waals surface area contributed by atoms with Crippen molar-refractivity contribution in [2.75, 3.05) is 46.9 Å². The Morgan fingerprint density at radius 3 is 2.12 bits per heavy atom. The molecule has 0 saturated heterocycles. The van der Waals surface area contributed by atoms with Crippen LogP contribution in [0.2, 0.25) is 0 Å². The van der Waals surface area contributed by atoms with Crippen molar-refractivity contribution in [1.82, 2.24) is 9.80 Å². The molecule has 6 nitrogen and oxygen atoms in total. The number of methoxy groups -OCH3 is 2. The van der Waals surface area contributed by atoms with Gasteiger partial charge in [0.05, 0.1) is 27.1 Å². The topological polar surface area (TPSA) is 59.1 Å². The third-order valence-corrected chi connectivity index (χ3v) is 4.26. The maximum absolute atomic E-state index is 12.7. The summed E-state index contributed by atoms with van der Waals surface area (Å²) in [5, 5.41) is 0. The largest absolute Gasteiger partial charge is 0.497 e. The van der Waals surface area contributed by atoms with Gasteiger partial charge in [-0.15, -0.1) is 0 Å². The molecular formula is C19H30N2O4. The molecule has 0 heterocycles. The van der Waals surface area contributed by atoms with Crippen LogP contribution >= 0.6 is 0 Å². The first-order valence-electron chi connectivity index (χ1n) is 8.73. The van der Waals surface area contributed by atoms with Crippen LogP contribution in [0.25, 0.3) is 0 Å². The fraction of sp³-hybridized carbons (Fsp3) is 0.579. The Bertz CT molecular complexity index is 527. The van der Waals surface area contributed by atoms with Gasteiger partial charge in [0.15, 0.2) is 0 Å². The predicted molar refractivity (Wildman–Crippen MR) is 97.7 cm³/mol. The smallest absolute Gasteiger partial charge is 0.307 e. The Hall–Kier alpha value is -2.08. The molecule has 1 amide bonds. The van der Waals surface area contributed by atoms with Gasteiger partial charge in [0, 0.05) is 19.6 Å². The van der Waals surface area contributed by atoms with Crippen LogP contribution < -0.4 is 4.74 Å². The van der Waals surface area contributed by atoms with Gasteiger partial charge >= 0.3 is 5.97 Å². The Labute approximate surface area is 150 Å². The minimum absolute atomic E-state index is 0.0150. The summed E-state index contributed by atoms with van der Waals surface area (Å²) in [6.07, 6.45) is 0.520. The number of rotatable bonds is 11. The summed E-state index contributed by atoms with van der Waals surface area (Å²) in [7, 11) is 2.98. The standard InChI is InChI=1S/C19H30N2O4/c1-5-20(6-2)13-14-21(12-11-19(23)25-4)18(22)15-16-7-9-17(24-3)10-8-16/h7-10H,5-6,11-15H2,1-4H3. The summed E-state index contributed by atoms with van der Waals surface area (Å²) in [5.74, 6) is 0.478. The molecule has 1 aromatic rings. The number of ether oxygens (including phenoxy) is 2. The highest BCUT2D eigenvalue weighted by atomic mass is 16.5. The van der Waals surface area contributed by atoms with E-state index in [0.717, 1.165) is 30.9 Å². The first-order valence-corrected chi connectivity index (χ1v) is 8.73. The average Bonchev–Trinajstić information content (AvgIpc) is 2.64. The number of esters is 1. The van der Waals surface area contributed by atoms with Crippen LogP contribution in [0.15, 0.2) is 24.3 Å². The summed E-state index contributed by atoms with van der Waals surface area (Å²) < 4.78 is 9.83. The summed E-state index contributed by atoms with van der Waals surface area (Å²) in [6.45, 7) is 7.85. The van der Waals surface area contributed by atoms with Gasteiger partial charge in [-0.2, -0.15) is 0 Å². The second-order valence-corrected chi connectivity index (χ2v) is 5.76. The number of hydrogen-bond acceptors (Lipinski definition) is 5. The Morgan fingerprint density at radius 1 is 0.960 bits per heavy atom. The van der Waals surface area contributed by atoms with E-state index in [4.69, 9.17) is 9.47 Å². The van der Waals surface area contributed by atoms with Crippen LogP contribution in [0.4, 0.5) is 0 Å². The highest BCUT2D eigenvalue weighted by Gasteiger charge is 2.16. The third kappa shape index (κ3) is 7.56. The zero-order valence-corrected chi connectivity index (χ0v) is 15.8. The Morgan fingerprint density at radius 2 is 1.60 bits per heavy atom. The number of likely N-dealkylation sites (N-methyl/N-ethyl adjacent to an activating group) is 1. The molecule has 6 heteroatoms. The van der Waals surface area contributed by atoms with Gasteiger partial charge in [0.2, 0.25) is 5.91 Å². The van der Waals surface area contributed by atoms with Crippen LogP contribution in [0.3, 0.4) is 0 Å². The number of carbonyl (C=O) groups excluding carboxylic acids is 2. The van der Waals surface area contributed by atoms with Gasteiger partial charge in [-0.05, 0) is 30.8 Å². The quantitative estimate of drug-likeness (QED) is 0.571. The van der Waals surface area contributed by atoms with Crippen molar-refractivity contribution in [2.24, 2.45) is 0 Å². The van der Waals surface area contributed by atoms with Gasteiger partial charge in [0.25, 0.3) is 0 Å². The number of benzene rings is 1. The predicted octanol–water partition coefficient (Wildman–Crippen LogP) is 1.97. The molecule has 0 aliphatic carbocycles. The molecule has 0 aliphatic heterocycles. The lowest BCUT2D eigenvalue weighted by molar-refractivity contribution is -0.141. The molecule has 1 aromatic carbocycles. The van der Waals surface area contributed by atoms with Crippen LogP contribution in [-0.2, 0) is 20.7 Å². The fourth-order valence-electron chi connectivity index (χ4n) is 2.52. The molecule has 0 saturated carbocycles. The summed E-state index contributed by atoms with van der Waals surface area (Å²) >= 11 is 0. The van der Waals surface area contributed by atoms with Crippen LogP contribution in [-0.4, -0.2) is 68.6 Å². The molecule has 0 fully saturated rings. The summed E-state index contributed by atoms with van der Waals surface area (Å²) in [6, 6.07) is 7.47. The minimum Gasteiger partial charge on any atom is -0.497 e. The van der Waals surface area contributed by atoms with Gasteiger partial charge in [0.1, 0.15) is 5.75 Å². The van der Waals surface area contributed by atoms with Gasteiger partial charge in [-0.1, -0.05) is 26.0 Å². The van der Waals surface area contributed by atoms with E-state index < -0.39 is 0 Å². The molecule has 0 N–H and O–H groups in total. The number of carbonyl (C=O) groups is 2. The van der Waals surface area contributed by atoms with E-state index in [9.17, 15) is 9.59 Å². The molecule has 0 aromatic heterocycles. The SMILES string of the molecule is CCN(CC)CCN(CCC(=O)OC)C(=O)Cc1ccc(OC)cc1. The zero-order valence-electron chi connectivity index (χ0n) is 15.8. The van der Waals surface area contributed by atoms with E-state index in [2.05, 4.69) is 18.7 Å². The summed E-state index contributed by atoms with van der Waals surface area (Å²) in [4.78, 5) is 28.1. The molecule has 140 valence electrons. The van der Waals surface area contributed by atoms with Crippen molar-refractivity contribution in [2.45, 2.75) is 26.7 Å². The van der Waals surface area contributed by atoms with E-state index in [1.165, 1.54) is 7.11 Å². The highest BCUT2D eigenvalue weighted by Crippen LogP contribution is 2.12. The van der Waals surface area contributed by atoms with E-state index in [1.54, 1.807) is 12.0 Å². The minimum atomic E-state index is -0.301. The second-order valence-electron chi connectivity index (χ2n) is 5.76. The van der Waals surface area contributed by atoms with E-state index in [0.29, 0.717) is 19.5 Å². The van der Waals surface area contributed by atoms with Crippen LogP contribution in [0.5, 0.6) is 5.75 Å². The lowest BCUT2D eigenvalue weighted by atomic mass is 10.1. The molecule has 25 heavy (non-hydrogen) atoms. The maximum Gasteiger partial charge on any atom is 0.307 e. The van der Waals surface area contributed by atoms with Gasteiger partial charge in [-0.3, -0.25) is 9.59 Å². The highest BCUT2D eigenvalue weighted by molar-refractivity contribution is 5.79. The molecule has 0 unspecified atom stereocenters. The van der Waals surface area contributed by atoms with Crippen LogP contribution in [0, 0.1) is 0 Å². The van der Waals surface area contributed by atoms with Crippen LogP contribution in [0.1, 0.15) is 25.8 Å². The van der Waals surface area contributed by atoms with Gasteiger partial charge in [-0.25, -0.2) is 0 Å². The normalized spacial score (nSPS) is 10.6. The first-order chi connectivity index (χ1) is 12.0. The van der Waals surface area contributed by atoms with Gasteiger partial charge < -0.3 is 19.3 Å². The Balaban J connectivity index is 2.69. The Kier molecular flexibility index (Phi) is 9.62. The molecule has 0 radical (unpaired) electrons. The molecule has 0 spiro atoms. The molecule has 0 bridgehead atoms. The lowest BCUT2D eigenvalue weighted by Gasteiger charge is -2.26. The van der Waals surface area contributed by atoms with Crippen molar-refractivity contribution >= 4 is 11.9 Å². The molecule has 1 rings (SSSR count). The van der Waals surface area contributed by atoms with Crippen molar-refractivity contribution in [1.29, 1.82) is 0 Å². The summed E-state index contributed by atoms with van der Waals surface area (Å²) in [5.41, 5.74) is 0.928. The number of amides is 1. The zero-order chi connectivity index (χ0) is 18.7. The maximum atomic E-state index is 12.7. The number of nitrogens with zero attached hydrogens (tertiary/aromatic N) is 2. The lowest BCUT2D eigenvalue weighted by Crippen LogP contribution is -2.40. The van der Waals surface area contributed by atoms with Crippen molar-refractivity contribution < 1.29 is 19.1 Å². The van der Waals surface area contributed by atoms with Crippen molar-refractivity contribution in [3.05, 3.63) is 29.8 Å². The second kappa shape index (κ2) is 11.5. The number of hydrogen-bond donors (Lipinski definition) is 0. The van der Waals surface area contributed by atoms with Crippen molar-refractivity contribution in [3.8, 4) is 5.75 Å². The third-order valence-electron chi connectivity index (χ3n) is 4.26. The van der Waals surface area contributed by atoms with E-state index >= 15 is 0 Å². The van der Waals surface area contributed by atoms with E-state index in [-0.39, 0.29) is 18.3 Å². The average molecular weight is 350 g/mol. The fourth-order valence-corrected chi connectivity index (χ4v) is 2.52. The van der Waals surface area contributed by atoms with E-state index in [1.807, 2.05) is 24.3 Å². The monoisotopic (exact) mass is 350 g/mol. The molecular weight excluding hydrogens is 320 g/mol. The van der Waals surface area contributed by atoms with Crippen molar-refractivity contribution in [3.63, 3.8) is 0 Å². The first kappa shape index (κ1) is 21.0. The molecule has 0 atom stereocenters. The molecule has 0 aliphatic rings.